The van der Waals surface area contributed by atoms with Crippen molar-refractivity contribution in [1.29, 1.82) is 0 Å². The summed E-state index contributed by atoms with van der Waals surface area (Å²) in [5, 5.41) is -0.0690. The van der Waals surface area contributed by atoms with E-state index in [0.717, 1.165) is 21.5 Å². The van der Waals surface area contributed by atoms with Gasteiger partial charge in [0.2, 0.25) is 5.91 Å². The molecule has 1 atom stereocenters. The zero-order chi connectivity index (χ0) is 17.9. The van der Waals surface area contributed by atoms with Crippen molar-refractivity contribution in [3.8, 4) is 11.5 Å². The van der Waals surface area contributed by atoms with E-state index in [9.17, 15) is 4.79 Å². The molecule has 0 bridgehead atoms. The number of para-hydroxylation sites is 3. The Morgan fingerprint density at radius 1 is 0.962 bits per heavy atom. The average Bonchev–Trinajstić information content (AvgIpc) is 3.04. The molecular weight excluding hydrogens is 410 g/mol. The minimum absolute atomic E-state index is 0.0690. The lowest BCUT2D eigenvalue weighted by Crippen LogP contribution is -2.28. The molecule has 0 spiro atoms. The van der Waals surface area contributed by atoms with E-state index in [0.29, 0.717) is 11.5 Å². The first-order valence-corrected chi connectivity index (χ1v) is 10.1. The molecule has 0 aliphatic carbocycles. The number of carbonyl (C=O) groups is 1. The highest BCUT2D eigenvalue weighted by molar-refractivity contribution is 9.10. The van der Waals surface area contributed by atoms with Crippen LogP contribution in [0.15, 0.2) is 83.3 Å². The summed E-state index contributed by atoms with van der Waals surface area (Å²) in [7, 11) is 0. The molecular formula is C21H16BrNO2S. The molecule has 1 amide bonds. The zero-order valence-electron chi connectivity index (χ0n) is 13.8. The average molecular weight is 426 g/mol. The van der Waals surface area contributed by atoms with Crippen molar-refractivity contribution in [3.63, 3.8) is 0 Å². The van der Waals surface area contributed by atoms with Gasteiger partial charge in [-0.15, -0.1) is 11.8 Å². The summed E-state index contributed by atoms with van der Waals surface area (Å²) < 4.78 is 7.07. The lowest BCUT2D eigenvalue weighted by atomic mass is 10.2. The molecule has 3 aromatic carbocycles. The summed E-state index contributed by atoms with van der Waals surface area (Å²) in [6.07, 6.45) is 0. The summed E-state index contributed by atoms with van der Waals surface area (Å²) >= 11 is 5.15. The van der Waals surface area contributed by atoms with Crippen molar-refractivity contribution in [2.45, 2.75) is 5.37 Å². The summed E-state index contributed by atoms with van der Waals surface area (Å²) in [5.74, 6) is 1.97. The number of carbonyl (C=O) groups excluding carboxylic acids is 1. The number of thioether (sulfide) groups is 1. The molecule has 130 valence electrons. The van der Waals surface area contributed by atoms with Crippen molar-refractivity contribution in [3.05, 3.63) is 88.9 Å². The largest absolute Gasteiger partial charge is 0.455 e. The predicted molar refractivity (Wildman–Crippen MR) is 110 cm³/mol. The van der Waals surface area contributed by atoms with Gasteiger partial charge in [0.15, 0.2) is 5.75 Å². The highest BCUT2D eigenvalue weighted by Crippen LogP contribution is 2.45. The molecule has 3 aromatic rings. The first-order valence-electron chi connectivity index (χ1n) is 8.23. The Morgan fingerprint density at radius 3 is 2.54 bits per heavy atom. The molecule has 1 aliphatic rings. The monoisotopic (exact) mass is 425 g/mol. The molecule has 0 saturated carbocycles. The molecule has 1 heterocycles. The molecule has 4 rings (SSSR count). The van der Waals surface area contributed by atoms with E-state index in [2.05, 4.69) is 28.1 Å². The van der Waals surface area contributed by atoms with E-state index in [1.165, 1.54) is 0 Å². The molecule has 3 nitrogen and oxygen atoms in total. The third-order valence-corrected chi connectivity index (χ3v) is 5.80. The first-order chi connectivity index (χ1) is 12.7. The van der Waals surface area contributed by atoms with E-state index in [1.807, 2.05) is 71.6 Å². The van der Waals surface area contributed by atoms with Crippen LogP contribution in [0.1, 0.15) is 10.9 Å². The second-order valence-corrected chi connectivity index (χ2v) is 7.85. The van der Waals surface area contributed by atoms with Gasteiger partial charge in [-0.05, 0) is 42.0 Å². The van der Waals surface area contributed by atoms with E-state index >= 15 is 0 Å². The zero-order valence-corrected chi connectivity index (χ0v) is 16.2. The lowest BCUT2D eigenvalue weighted by molar-refractivity contribution is -0.115. The number of halogens is 1. The number of anilines is 1. The van der Waals surface area contributed by atoms with Crippen molar-refractivity contribution in [2.24, 2.45) is 0 Å². The fraction of sp³-hybridized carbons (Fsp3) is 0.0952. The number of rotatable bonds is 4. The van der Waals surface area contributed by atoms with Crippen LogP contribution in [0.5, 0.6) is 11.5 Å². The standard InChI is InChI=1S/C21H16BrNO2S/c22-16-8-6-7-15(13-16)21-23(20(24)14-26-21)18-11-4-5-12-19(18)25-17-9-2-1-3-10-17/h1-13,21H,14H2. The molecule has 1 aliphatic heterocycles. The van der Waals surface area contributed by atoms with Crippen molar-refractivity contribution in [1.82, 2.24) is 0 Å². The number of ether oxygens (including phenoxy) is 1. The van der Waals surface area contributed by atoms with Crippen LogP contribution in [0.3, 0.4) is 0 Å². The molecule has 1 saturated heterocycles. The second kappa shape index (κ2) is 7.56. The maximum Gasteiger partial charge on any atom is 0.238 e. The van der Waals surface area contributed by atoms with Crippen LogP contribution < -0.4 is 9.64 Å². The van der Waals surface area contributed by atoms with E-state index in [-0.39, 0.29) is 11.3 Å². The van der Waals surface area contributed by atoms with Gasteiger partial charge in [-0.25, -0.2) is 0 Å². The van der Waals surface area contributed by atoms with Crippen LogP contribution in [0.25, 0.3) is 0 Å². The van der Waals surface area contributed by atoms with Crippen LogP contribution in [0, 0.1) is 0 Å². The number of hydrogen-bond donors (Lipinski definition) is 0. The third-order valence-electron chi connectivity index (χ3n) is 4.10. The number of nitrogens with zero attached hydrogens (tertiary/aromatic N) is 1. The minimum Gasteiger partial charge on any atom is -0.455 e. The van der Waals surface area contributed by atoms with E-state index in [4.69, 9.17) is 4.74 Å². The Hall–Kier alpha value is -2.24. The fourth-order valence-corrected chi connectivity index (χ4v) is 4.52. The van der Waals surface area contributed by atoms with Crippen molar-refractivity contribution < 1.29 is 9.53 Å². The van der Waals surface area contributed by atoms with Gasteiger partial charge in [0.25, 0.3) is 0 Å². The van der Waals surface area contributed by atoms with Crippen LogP contribution in [0.4, 0.5) is 5.69 Å². The molecule has 1 unspecified atom stereocenters. The quantitative estimate of drug-likeness (QED) is 0.511. The first kappa shape index (κ1) is 17.2. The molecule has 0 N–H and O–H groups in total. The molecule has 5 heteroatoms. The van der Waals surface area contributed by atoms with Gasteiger partial charge in [-0.1, -0.05) is 58.4 Å². The fourth-order valence-electron chi connectivity index (χ4n) is 2.95. The van der Waals surface area contributed by atoms with Crippen LogP contribution in [-0.2, 0) is 4.79 Å². The summed E-state index contributed by atoms with van der Waals surface area (Å²) in [4.78, 5) is 14.5. The van der Waals surface area contributed by atoms with Crippen LogP contribution in [0.2, 0.25) is 0 Å². The normalized spacial score (nSPS) is 16.7. The molecule has 0 radical (unpaired) electrons. The van der Waals surface area contributed by atoms with Gasteiger partial charge < -0.3 is 4.74 Å². The maximum atomic E-state index is 12.7. The highest BCUT2D eigenvalue weighted by atomic mass is 79.9. The Balaban J connectivity index is 1.72. The minimum atomic E-state index is -0.0690. The Morgan fingerprint density at radius 2 is 1.73 bits per heavy atom. The smallest absolute Gasteiger partial charge is 0.238 e. The van der Waals surface area contributed by atoms with Crippen molar-refractivity contribution in [2.75, 3.05) is 10.7 Å². The Labute approximate surface area is 165 Å². The van der Waals surface area contributed by atoms with Gasteiger partial charge >= 0.3 is 0 Å². The maximum absolute atomic E-state index is 12.7. The van der Waals surface area contributed by atoms with Crippen molar-refractivity contribution >= 4 is 39.3 Å². The molecule has 26 heavy (non-hydrogen) atoms. The summed E-state index contributed by atoms with van der Waals surface area (Å²) in [6.45, 7) is 0. The van der Waals surface area contributed by atoms with Crippen LogP contribution >= 0.6 is 27.7 Å². The van der Waals surface area contributed by atoms with Gasteiger partial charge in [0.1, 0.15) is 11.1 Å². The number of benzene rings is 3. The van der Waals surface area contributed by atoms with Gasteiger partial charge in [0, 0.05) is 4.47 Å². The second-order valence-electron chi connectivity index (χ2n) is 5.86. The van der Waals surface area contributed by atoms with E-state index in [1.54, 1.807) is 11.8 Å². The highest BCUT2D eigenvalue weighted by Gasteiger charge is 2.35. The molecule has 0 aromatic heterocycles. The van der Waals surface area contributed by atoms with Crippen LogP contribution in [-0.4, -0.2) is 11.7 Å². The Bertz CT molecular complexity index is 932. The lowest BCUT2D eigenvalue weighted by Gasteiger charge is -2.26. The van der Waals surface area contributed by atoms with Gasteiger partial charge in [-0.3, -0.25) is 9.69 Å². The predicted octanol–water partition coefficient (Wildman–Crippen LogP) is 6.02. The Kier molecular flexibility index (Phi) is 5.00. The topological polar surface area (TPSA) is 29.5 Å². The molecule has 1 fully saturated rings. The SMILES string of the molecule is O=C1CSC(c2cccc(Br)c2)N1c1ccccc1Oc1ccccc1. The number of hydrogen-bond acceptors (Lipinski definition) is 3. The summed E-state index contributed by atoms with van der Waals surface area (Å²) in [6, 6.07) is 25.4. The summed E-state index contributed by atoms with van der Waals surface area (Å²) in [5.41, 5.74) is 1.88. The number of amides is 1. The van der Waals surface area contributed by atoms with Gasteiger partial charge in [0.05, 0.1) is 11.4 Å². The van der Waals surface area contributed by atoms with E-state index < -0.39 is 0 Å². The third kappa shape index (κ3) is 3.50. The van der Waals surface area contributed by atoms with Gasteiger partial charge in [-0.2, -0.15) is 0 Å².